The Balaban J connectivity index is 1.92. The molecule has 1 fully saturated rings. The fourth-order valence-corrected chi connectivity index (χ4v) is 1.88. The van der Waals surface area contributed by atoms with Gasteiger partial charge in [-0.25, -0.2) is 0 Å². The Morgan fingerprint density at radius 3 is 3.25 bits per heavy atom. The number of carbonyl (C=O) groups excluding carboxylic acids is 1. The average molecular weight is 219 g/mol. The summed E-state index contributed by atoms with van der Waals surface area (Å²) >= 11 is 0. The van der Waals surface area contributed by atoms with Gasteiger partial charge in [-0.2, -0.15) is 0 Å². The summed E-state index contributed by atoms with van der Waals surface area (Å²) in [5, 5.41) is 6.14. The van der Waals surface area contributed by atoms with Gasteiger partial charge in [-0.1, -0.05) is 0 Å². The minimum absolute atomic E-state index is 0.0478. The Labute approximate surface area is 95.5 Å². The highest BCUT2D eigenvalue weighted by Crippen LogP contribution is 2.07. The van der Waals surface area contributed by atoms with Crippen molar-refractivity contribution in [3.8, 4) is 0 Å². The second kappa shape index (κ2) is 5.07. The van der Waals surface area contributed by atoms with E-state index in [0.717, 1.165) is 24.9 Å². The van der Waals surface area contributed by atoms with E-state index in [1.165, 1.54) is 5.56 Å². The first-order valence-electron chi connectivity index (χ1n) is 5.68. The van der Waals surface area contributed by atoms with Gasteiger partial charge in [-0.15, -0.1) is 0 Å². The van der Waals surface area contributed by atoms with Crippen LogP contribution in [-0.2, 0) is 11.3 Å². The summed E-state index contributed by atoms with van der Waals surface area (Å²) in [4.78, 5) is 15.6. The Bertz CT molecular complexity index is 378. The lowest BCUT2D eigenvalue weighted by atomic mass is 10.1. The second-order valence-electron chi connectivity index (χ2n) is 4.17. The van der Waals surface area contributed by atoms with Gasteiger partial charge in [0, 0.05) is 25.5 Å². The predicted molar refractivity (Wildman–Crippen MR) is 61.8 cm³/mol. The van der Waals surface area contributed by atoms with Crippen LogP contribution in [-0.4, -0.2) is 23.5 Å². The largest absolute Gasteiger partial charge is 0.355 e. The number of pyridine rings is 1. The average Bonchev–Trinajstić information content (AvgIpc) is 2.30. The van der Waals surface area contributed by atoms with Crippen molar-refractivity contribution >= 4 is 5.91 Å². The van der Waals surface area contributed by atoms with Crippen molar-refractivity contribution in [1.82, 2.24) is 15.6 Å². The summed E-state index contributed by atoms with van der Waals surface area (Å²) in [7, 11) is 0. The molecular formula is C12H17N3O. The molecule has 0 radical (unpaired) electrons. The Morgan fingerprint density at radius 2 is 2.50 bits per heavy atom. The van der Waals surface area contributed by atoms with Gasteiger partial charge in [-0.3, -0.25) is 9.78 Å². The fraction of sp³-hybridized carbons (Fsp3) is 0.500. The van der Waals surface area contributed by atoms with E-state index in [0.29, 0.717) is 6.54 Å². The summed E-state index contributed by atoms with van der Waals surface area (Å²) in [6.07, 6.45) is 5.61. The molecule has 16 heavy (non-hydrogen) atoms. The molecule has 2 heterocycles. The number of aryl methyl sites for hydroxylation is 1. The molecule has 4 heteroatoms. The lowest BCUT2D eigenvalue weighted by Gasteiger charge is -2.23. The minimum Gasteiger partial charge on any atom is -0.355 e. The molecule has 2 N–H and O–H groups in total. The van der Waals surface area contributed by atoms with E-state index in [-0.39, 0.29) is 11.9 Å². The number of hydrogen-bond acceptors (Lipinski definition) is 3. The number of nitrogens with one attached hydrogen (secondary N) is 2. The number of carbonyl (C=O) groups is 1. The van der Waals surface area contributed by atoms with Gasteiger partial charge in [0.15, 0.2) is 0 Å². The van der Waals surface area contributed by atoms with Crippen molar-refractivity contribution in [2.45, 2.75) is 32.4 Å². The quantitative estimate of drug-likeness (QED) is 0.789. The van der Waals surface area contributed by atoms with Crippen LogP contribution in [0.2, 0.25) is 0 Å². The first-order valence-corrected chi connectivity index (χ1v) is 5.68. The highest BCUT2D eigenvalue weighted by atomic mass is 16.2. The number of amides is 1. The van der Waals surface area contributed by atoms with Crippen LogP contribution in [0.3, 0.4) is 0 Å². The molecule has 2 rings (SSSR count). The lowest BCUT2D eigenvalue weighted by Crippen LogP contribution is -2.47. The molecule has 1 atom stereocenters. The Morgan fingerprint density at radius 1 is 1.62 bits per heavy atom. The van der Waals surface area contributed by atoms with Crippen LogP contribution >= 0.6 is 0 Å². The van der Waals surface area contributed by atoms with E-state index in [1.54, 1.807) is 6.20 Å². The van der Waals surface area contributed by atoms with Crippen LogP contribution in [0.15, 0.2) is 18.5 Å². The number of hydrogen-bond donors (Lipinski definition) is 2. The standard InChI is InChI=1S/C12H17N3O/c1-9-4-6-13-7-10(9)8-15-11-3-2-5-14-12(11)16/h4,6-7,11,15H,2-3,5,8H2,1H3,(H,14,16). The summed E-state index contributed by atoms with van der Waals surface area (Å²) in [6, 6.07) is 1.94. The maximum absolute atomic E-state index is 11.5. The van der Waals surface area contributed by atoms with Crippen molar-refractivity contribution < 1.29 is 4.79 Å². The van der Waals surface area contributed by atoms with E-state index in [4.69, 9.17) is 0 Å². The van der Waals surface area contributed by atoms with Crippen molar-refractivity contribution in [2.75, 3.05) is 6.54 Å². The van der Waals surface area contributed by atoms with Crippen LogP contribution in [0.1, 0.15) is 24.0 Å². The lowest BCUT2D eigenvalue weighted by molar-refractivity contribution is -0.124. The zero-order valence-corrected chi connectivity index (χ0v) is 9.49. The molecule has 0 aliphatic carbocycles. The maximum atomic E-state index is 11.5. The molecule has 1 saturated heterocycles. The normalized spacial score (nSPS) is 20.6. The molecule has 1 unspecified atom stereocenters. The topological polar surface area (TPSA) is 54.0 Å². The molecular weight excluding hydrogens is 202 g/mol. The number of aromatic nitrogens is 1. The highest BCUT2D eigenvalue weighted by Gasteiger charge is 2.20. The Hall–Kier alpha value is -1.42. The van der Waals surface area contributed by atoms with Crippen molar-refractivity contribution in [1.29, 1.82) is 0 Å². The van der Waals surface area contributed by atoms with E-state index >= 15 is 0 Å². The Kier molecular flexibility index (Phi) is 3.51. The van der Waals surface area contributed by atoms with Crippen LogP contribution in [0.25, 0.3) is 0 Å². The molecule has 4 nitrogen and oxygen atoms in total. The molecule has 1 aliphatic heterocycles. The van der Waals surface area contributed by atoms with Gasteiger partial charge >= 0.3 is 0 Å². The third kappa shape index (κ3) is 2.58. The smallest absolute Gasteiger partial charge is 0.237 e. The van der Waals surface area contributed by atoms with Crippen molar-refractivity contribution in [3.05, 3.63) is 29.6 Å². The van der Waals surface area contributed by atoms with Crippen LogP contribution in [0.5, 0.6) is 0 Å². The molecule has 1 aromatic rings. The number of nitrogens with zero attached hydrogens (tertiary/aromatic N) is 1. The summed E-state index contributed by atoms with van der Waals surface area (Å²) in [6.45, 7) is 3.57. The molecule has 86 valence electrons. The SMILES string of the molecule is Cc1ccncc1CNC1CCCNC1=O. The highest BCUT2D eigenvalue weighted by molar-refractivity contribution is 5.82. The fourth-order valence-electron chi connectivity index (χ4n) is 1.88. The van der Waals surface area contributed by atoms with E-state index in [2.05, 4.69) is 22.5 Å². The molecule has 1 aromatic heterocycles. The van der Waals surface area contributed by atoms with Gasteiger partial charge in [0.2, 0.25) is 5.91 Å². The predicted octanol–water partition coefficient (Wildman–Crippen LogP) is 0.758. The minimum atomic E-state index is -0.0478. The van der Waals surface area contributed by atoms with Gasteiger partial charge < -0.3 is 10.6 Å². The molecule has 1 aliphatic rings. The maximum Gasteiger partial charge on any atom is 0.237 e. The van der Waals surface area contributed by atoms with E-state index in [1.807, 2.05) is 12.3 Å². The second-order valence-corrected chi connectivity index (χ2v) is 4.17. The van der Waals surface area contributed by atoms with E-state index < -0.39 is 0 Å². The zero-order valence-electron chi connectivity index (χ0n) is 9.49. The number of piperidine rings is 1. The van der Waals surface area contributed by atoms with Gasteiger partial charge in [0.1, 0.15) is 0 Å². The first kappa shape index (κ1) is 11.1. The third-order valence-electron chi connectivity index (χ3n) is 2.97. The molecule has 1 amide bonds. The summed E-state index contributed by atoms with van der Waals surface area (Å²) in [5.74, 6) is 0.118. The molecule has 0 bridgehead atoms. The van der Waals surface area contributed by atoms with Crippen LogP contribution < -0.4 is 10.6 Å². The molecule has 0 aromatic carbocycles. The number of rotatable bonds is 3. The molecule has 0 spiro atoms. The summed E-state index contributed by atoms with van der Waals surface area (Å²) < 4.78 is 0. The monoisotopic (exact) mass is 219 g/mol. The van der Waals surface area contributed by atoms with Gasteiger partial charge in [0.25, 0.3) is 0 Å². The summed E-state index contributed by atoms with van der Waals surface area (Å²) in [5.41, 5.74) is 2.36. The van der Waals surface area contributed by atoms with Gasteiger partial charge in [0.05, 0.1) is 6.04 Å². The van der Waals surface area contributed by atoms with Crippen LogP contribution in [0.4, 0.5) is 0 Å². The third-order valence-corrected chi connectivity index (χ3v) is 2.97. The van der Waals surface area contributed by atoms with Crippen molar-refractivity contribution in [3.63, 3.8) is 0 Å². The van der Waals surface area contributed by atoms with Gasteiger partial charge in [-0.05, 0) is 37.0 Å². The van der Waals surface area contributed by atoms with Crippen LogP contribution in [0, 0.1) is 6.92 Å². The van der Waals surface area contributed by atoms with E-state index in [9.17, 15) is 4.79 Å². The van der Waals surface area contributed by atoms with Crippen molar-refractivity contribution in [2.24, 2.45) is 0 Å². The zero-order chi connectivity index (χ0) is 11.4. The molecule has 0 saturated carbocycles. The first-order chi connectivity index (χ1) is 7.77.